The quantitative estimate of drug-likeness (QED) is 0.127. The van der Waals surface area contributed by atoms with Crippen LogP contribution in [0.5, 0.6) is 5.75 Å². The van der Waals surface area contributed by atoms with Crippen LogP contribution in [0, 0.1) is 10.1 Å². The molecule has 5 rings (SSSR count). The fourth-order valence-electron chi connectivity index (χ4n) is 4.98. The van der Waals surface area contributed by atoms with Crippen molar-refractivity contribution in [2.24, 2.45) is 0 Å². The third-order valence-corrected chi connectivity index (χ3v) is 9.95. The van der Waals surface area contributed by atoms with Gasteiger partial charge in [-0.05, 0) is 30.2 Å². The van der Waals surface area contributed by atoms with E-state index in [4.69, 9.17) is 14.2 Å². The van der Waals surface area contributed by atoms with Crippen LogP contribution in [0.25, 0.3) is 0 Å². The number of hydrogen-bond acceptors (Lipinski definition) is 10. The highest BCUT2D eigenvalue weighted by molar-refractivity contribution is 7.94. The number of amides is 1. The van der Waals surface area contributed by atoms with Crippen LogP contribution in [0.4, 0.5) is 10.5 Å². The lowest BCUT2D eigenvalue weighted by atomic mass is 9.96. The minimum Gasteiger partial charge on any atom is -0.451 e. The summed E-state index contributed by atoms with van der Waals surface area (Å²) in [7, 11) is -4.21. The molecule has 12 nitrogen and oxygen atoms in total. The van der Waals surface area contributed by atoms with Crippen LogP contribution < -0.4 is 4.74 Å². The Hall–Kier alpha value is -4.78. The number of nitro benzene ring substituents is 1. The molecule has 2 heterocycles. The maximum absolute atomic E-state index is 13.8. The second-order valence-corrected chi connectivity index (χ2v) is 12.3. The maximum atomic E-state index is 13.8. The highest BCUT2D eigenvalue weighted by atomic mass is 32.2. The average Bonchev–Trinajstić information content (AvgIpc) is 3.10. The summed E-state index contributed by atoms with van der Waals surface area (Å²) in [6, 6.07) is 20.7. The zero-order valence-corrected chi connectivity index (χ0v) is 22.4. The summed E-state index contributed by atoms with van der Waals surface area (Å²) < 4.78 is 41.1. The number of β-lactam (4-membered cyclic amide) rings is 1. The summed E-state index contributed by atoms with van der Waals surface area (Å²) >= 11 is 0. The number of carbonyl (C=O) groups excluding carboxylic acids is 3. The molecule has 0 radical (unpaired) electrons. The number of benzene rings is 3. The molecule has 0 saturated carbocycles. The molecule has 3 aromatic rings. The number of sulfone groups is 1. The first-order valence-corrected chi connectivity index (χ1v) is 14.0. The van der Waals surface area contributed by atoms with Crippen molar-refractivity contribution in [3.63, 3.8) is 0 Å². The Morgan fingerprint density at radius 1 is 1.00 bits per heavy atom. The third kappa shape index (κ3) is 4.99. The van der Waals surface area contributed by atoms with Gasteiger partial charge in [-0.25, -0.2) is 18.0 Å². The monoisotopic (exact) mass is 580 g/mol. The number of nitrogens with zero attached hydrogens (tertiary/aromatic N) is 2. The Morgan fingerprint density at radius 3 is 2.07 bits per heavy atom. The number of ether oxygens (including phenoxy) is 3. The van der Waals surface area contributed by atoms with Crippen LogP contribution in [0.15, 0.2) is 84.9 Å². The minimum absolute atomic E-state index is 0.0800. The van der Waals surface area contributed by atoms with Crippen molar-refractivity contribution < 1.29 is 41.9 Å². The Morgan fingerprint density at radius 2 is 1.56 bits per heavy atom. The summed E-state index contributed by atoms with van der Waals surface area (Å²) in [5.74, 6) is -1.60. The summed E-state index contributed by atoms with van der Waals surface area (Å²) in [6.07, 6.45) is -2.51. The van der Waals surface area contributed by atoms with E-state index in [1.54, 1.807) is 60.7 Å². The minimum atomic E-state index is -4.21. The predicted molar refractivity (Wildman–Crippen MR) is 142 cm³/mol. The van der Waals surface area contributed by atoms with E-state index < -0.39 is 61.7 Å². The van der Waals surface area contributed by atoms with Crippen molar-refractivity contribution in [2.45, 2.75) is 35.6 Å². The smallest absolute Gasteiger partial charge is 0.451 e. The number of rotatable bonds is 8. The number of non-ortho nitro benzene ring substituents is 1. The van der Waals surface area contributed by atoms with Gasteiger partial charge in [0.2, 0.25) is 5.91 Å². The van der Waals surface area contributed by atoms with E-state index in [9.17, 15) is 32.9 Å². The van der Waals surface area contributed by atoms with Gasteiger partial charge >= 0.3 is 12.1 Å². The lowest BCUT2D eigenvalue weighted by molar-refractivity contribution is -0.384. The second kappa shape index (κ2) is 10.7. The van der Waals surface area contributed by atoms with E-state index in [2.05, 4.69) is 0 Å². The van der Waals surface area contributed by atoms with Crippen molar-refractivity contribution in [2.75, 3.05) is 6.61 Å². The van der Waals surface area contributed by atoms with Crippen LogP contribution >= 0.6 is 0 Å². The van der Waals surface area contributed by atoms with Crippen molar-refractivity contribution in [3.05, 3.63) is 106 Å². The lowest BCUT2D eigenvalue weighted by Gasteiger charge is -2.37. The van der Waals surface area contributed by atoms with Crippen LogP contribution in [0.2, 0.25) is 0 Å². The molecule has 0 N–H and O–H groups in total. The second-order valence-electron chi connectivity index (χ2n) is 9.75. The summed E-state index contributed by atoms with van der Waals surface area (Å²) in [5, 5.41) is 9.56. The molecule has 2 saturated heterocycles. The van der Waals surface area contributed by atoms with Gasteiger partial charge in [-0.1, -0.05) is 60.7 Å². The fourth-order valence-corrected chi connectivity index (χ4v) is 7.25. The first-order valence-electron chi connectivity index (χ1n) is 12.5. The van der Waals surface area contributed by atoms with Crippen molar-refractivity contribution in [1.29, 1.82) is 0 Å². The molecule has 0 bridgehead atoms. The number of fused-ring (bicyclic) bond motifs is 1. The molecule has 0 unspecified atom stereocenters. The highest BCUT2D eigenvalue weighted by Gasteiger charge is 2.71. The van der Waals surface area contributed by atoms with E-state index in [0.29, 0.717) is 11.1 Å². The van der Waals surface area contributed by atoms with Gasteiger partial charge in [0.15, 0.2) is 22.0 Å². The summed E-state index contributed by atoms with van der Waals surface area (Å²) in [4.78, 5) is 49.9. The molecule has 2 aliphatic rings. The van der Waals surface area contributed by atoms with E-state index in [1.165, 1.54) is 19.1 Å². The fraction of sp³-hybridized carbons (Fsp3) is 0.250. The van der Waals surface area contributed by atoms with Gasteiger partial charge < -0.3 is 19.1 Å². The normalized spacial score (nSPS) is 22.4. The largest absolute Gasteiger partial charge is 0.513 e. The third-order valence-electron chi connectivity index (χ3n) is 7.20. The number of hydrogen-bond donors (Lipinski definition) is 0. The maximum Gasteiger partial charge on any atom is 0.513 e. The highest BCUT2D eigenvalue weighted by Crippen LogP contribution is 2.47. The van der Waals surface area contributed by atoms with Gasteiger partial charge in [0.25, 0.3) is 5.69 Å². The first-order chi connectivity index (χ1) is 19.5. The number of esters is 1. The van der Waals surface area contributed by atoms with Gasteiger partial charge in [-0.15, -0.1) is 0 Å². The van der Waals surface area contributed by atoms with E-state index in [0.717, 1.165) is 17.0 Å². The van der Waals surface area contributed by atoms with E-state index >= 15 is 0 Å². The van der Waals surface area contributed by atoms with Crippen molar-refractivity contribution >= 4 is 33.6 Å². The van der Waals surface area contributed by atoms with Gasteiger partial charge in [0, 0.05) is 12.1 Å². The van der Waals surface area contributed by atoms with Crippen molar-refractivity contribution in [3.8, 4) is 5.75 Å². The zero-order chi connectivity index (χ0) is 29.4. The van der Waals surface area contributed by atoms with Crippen LogP contribution in [0.1, 0.15) is 30.6 Å². The van der Waals surface area contributed by atoms with E-state index in [1.807, 2.05) is 0 Å². The predicted octanol–water partition coefficient (Wildman–Crippen LogP) is 3.56. The molecular formula is C28H24N2O10S. The molecule has 0 aromatic heterocycles. The van der Waals surface area contributed by atoms with Gasteiger partial charge in [-0.3, -0.25) is 14.9 Å². The molecule has 0 aliphatic carbocycles. The Bertz CT molecular complexity index is 1560. The Balaban J connectivity index is 1.39. The molecule has 212 valence electrons. The molecule has 1 amide bonds. The molecule has 13 heteroatoms. The summed E-state index contributed by atoms with van der Waals surface area (Å²) in [5.41, 5.74) is 1.03. The van der Waals surface area contributed by atoms with E-state index in [-0.39, 0.29) is 17.9 Å². The Kier molecular flexibility index (Phi) is 7.22. The first kappa shape index (κ1) is 27.8. The number of nitro groups is 1. The van der Waals surface area contributed by atoms with Gasteiger partial charge in [0.1, 0.15) is 22.5 Å². The molecule has 0 spiro atoms. The topological polar surface area (TPSA) is 159 Å². The molecule has 3 aromatic carbocycles. The number of carbonyl (C=O) groups is 3. The van der Waals surface area contributed by atoms with Crippen molar-refractivity contribution in [1.82, 2.24) is 4.90 Å². The average molecular weight is 581 g/mol. The Labute approximate surface area is 234 Å². The van der Waals surface area contributed by atoms with Crippen LogP contribution in [-0.4, -0.2) is 59.0 Å². The van der Waals surface area contributed by atoms with Gasteiger partial charge in [-0.2, -0.15) is 0 Å². The summed E-state index contributed by atoms with van der Waals surface area (Å²) in [6.45, 7) is 0.404. The molecule has 3 atom stereocenters. The SMILES string of the molecule is C[C@]1(COC(=O)Oc2ccc([N+](=O)[O-])cc2)[C@@H](C(=O)OC(c2ccccc2)c2ccccc2)N2C(=O)C[C@H]2S1(=O)=O. The molecule has 2 fully saturated rings. The zero-order valence-electron chi connectivity index (χ0n) is 21.6. The molecule has 41 heavy (non-hydrogen) atoms. The van der Waals surface area contributed by atoms with Gasteiger partial charge in [0.05, 0.1) is 11.3 Å². The molecule has 2 aliphatic heterocycles. The lowest BCUT2D eigenvalue weighted by Crippen LogP contribution is -2.58. The van der Waals surface area contributed by atoms with Crippen LogP contribution in [-0.2, 0) is 28.9 Å². The van der Waals surface area contributed by atoms with Crippen LogP contribution in [0.3, 0.4) is 0 Å². The standard InChI is InChI=1S/C28H24N2O10S/c1-28(17-38-27(33)39-21-14-12-20(13-15-21)30(34)35)25(29-22(31)16-23(29)41(28,36)37)26(32)40-24(18-8-4-2-5-9-18)19-10-6-3-7-11-19/h2-15,23-25H,16-17H2,1H3/t23-,25-,28+/m1/s1. The molecular weight excluding hydrogens is 556 g/mol.